The lowest BCUT2D eigenvalue weighted by Crippen LogP contribution is -2.13. The molecule has 8 heteroatoms. The van der Waals surface area contributed by atoms with Crippen LogP contribution in [0.4, 0.5) is 11.6 Å². The first-order chi connectivity index (χ1) is 14.9. The van der Waals surface area contributed by atoms with Crippen LogP contribution in [0.25, 0.3) is 5.69 Å². The molecule has 1 amide bonds. The van der Waals surface area contributed by atoms with Gasteiger partial charge in [-0.2, -0.15) is 10.1 Å². The van der Waals surface area contributed by atoms with Gasteiger partial charge in [0, 0.05) is 31.0 Å². The third-order valence-corrected chi connectivity index (χ3v) is 4.90. The van der Waals surface area contributed by atoms with Crippen LogP contribution in [0.3, 0.4) is 0 Å². The standard InChI is InChI=1S/C23H25N7O/c1-16-12-17(2)29(26-16)14-18-8-10-19(11-9-18)22(31)25-20-6-5-7-21(13-20)30-15-24-23(27-30)28(3)4/h5-13,15H,14H2,1-4H3,(H,25,31). The Morgan fingerprint density at radius 3 is 2.45 bits per heavy atom. The summed E-state index contributed by atoms with van der Waals surface area (Å²) in [5.41, 5.74) is 5.31. The smallest absolute Gasteiger partial charge is 0.255 e. The fraction of sp³-hybridized carbons (Fsp3) is 0.217. The van der Waals surface area contributed by atoms with E-state index in [1.54, 1.807) is 11.0 Å². The van der Waals surface area contributed by atoms with E-state index in [2.05, 4.69) is 26.6 Å². The average molecular weight is 416 g/mol. The molecule has 0 aliphatic rings. The van der Waals surface area contributed by atoms with Gasteiger partial charge in [0.25, 0.3) is 5.91 Å². The van der Waals surface area contributed by atoms with Crippen molar-refractivity contribution >= 4 is 17.5 Å². The molecule has 4 aromatic rings. The minimum Gasteiger partial charge on any atom is -0.346 e. The maximum Gasteiger partial charge on any atom is 0.255 e. The maximum absolute atomic E-state index is 12.7. The Balaban J connectivity index is 1.45. The summed E-state index contributed by atoms with van der Waals surface area (Å²) in [5, 5.41) is 11.9. The summed E-state index contributed by atoms with van der Waals surface area (Å²) in [7, 11) is 3.78. The average Bonchev–Trinajstić information content (AvgIpc) is 3.36. The normalized spacial score (nSPS) is 10.8. The van der Waals surface area contributed by atoms with Crippen LogP contribution in [0.1, 0.15) is 27.3 Å². The minimum atomic E-state index is -0.164. The van der Waals surface area contributed by atoms with Crippen LogP contribution in [-0.4, -0.2) is 44.5 Å². The number of rotatable bonds is 6. The van der Waals surface area contributed by atoms with Crippen molar-refractivity contribution < 1.29 is 4.79 Å². The van der Waals surface area contributed by atoms with E-state index in [0.717, 1.165) is 22.6 Å². The molecule has 2 heterocycles. The van der Waals surface area contributed by atoms with Gasteiger partial charge in [-0.25, -0.2) is 4.68 Å². The highest BCUT2D eigenvalue weighted by atomic mass is 16.1. The van der Waals surface area contributed by atoms with Crippen molar-refractivity contribution in [3.8, 4) is 5.69 Å². The number of carbonyl (C=O) groups is 1. The molecule has 0 saturated heterocycles. The molecule has 0 radical (unpaired) electrons. The van der Waals surface area contributed by atoms with E-state index in [-0.39, 0.29) is 5.91 Å². The number of aromatic nitrogens is 5. The largest absolute Gasteiger partial charge is 0.346 e. The van der Waals surface area contributed by atoms with Gasteiger partial charge >= 0.3 is 0 Å². The Hall–Kier alpha value is -3.94. The summed E-state index contributed by atoms with van der Waals surface area (Å²) in [6, 6.07) is 17.1. The second kappa shape index (κ2) is 8.43. The zero-order valence-corrected chi connectivity index (χ0v) is 18.1. The Bertz CT molecular complexity index is 1200. The molecule has 0 fully saturated rings. The molecule has 0 bridgehead atoms. The number of amides is 1. The fourth-order valence-corrected chi connectivity index (χ4v) is 3.28. The molecule has 158 valence electrons. The van der Waals surface area contributed by atoms with Crippen LogP contribution >= 0.6 is 0 Å². The third kappa shape index (κ3) is 4.63. The minimum absolute atomic E-state index is 0.164. The predicted molar refractivity (Wildman–Crippen MR) is 121 cm³/mol. The number of carbonyl (C=O) groups excluding carboxylic acids is 1. The highest BCUT2D eigenvalue weighted by Gasteiger charge is 2.09. The van der Waals surface area contributed by atoms with Gasteiger partial charge in [0.05, 0.1) is 17.9 Å². The Kier molecular flexibility index (Phi) is 5.53. The predicted octanol–water partition coefficient (Wildman–Crippen LogP) is 3.45. The van der Waals surface area contributed by atoms with E-state index < -0.39 is 0 Å². The van der Waals surface area contributed by atoms with Gasteiger partial charge in [0.1, 0.15) is 6.33 Å². The van der Waals surface area contributed by atoms with Gasteiger partial charge < -0.3 is 10.2 Å². The summed E-state index contributed by atoms with van der Waals surface area (Å²) in [6.07, 6.45) is 1.65. The van der Waals surface area contributed by atoms with Crippen LogP contribution in [0.5, 0.6) is 0 Å². The second-order valence-corrected chi connectivity index (χ2v) is 7.67. The maximum atomic E-state index is 12.7. The van der Waals surface area contributed by atoms with E-state index in [0.29, 0.717) is 23.7 Å². The number of hydrogen-bond acceptors (Lipinski definition) is 5. The van der Waals surface area contributed by atoms with Crippen molar-refractivity contribution in [2.75, 3.05) is 24.3 Å². The Morgan fingerprint density at radius 1 is 1.03 bits per heavy atom. The molecule has 0 saturated carbocycles. The number of nitrogens with zero attached hydrogens (tertiary/aromatic N) is 6. The summed E-state index contributed by atoms with van der Waals surface area (Å²) in [6.45, 7) is 4.70. The fourth-order valence-electron chi connectivity index (χ4n) is 3.28. The van der Waals surface area contributed by atoms with Gasteiger partial charge in [-0.3, -0.25) is 9.48 Å². The lowest BCUT2D eigenvalue weighted by atomic mass is 10.1. The first kappa shape index (κ1) is 20.3. The van der Waals surface area contributed by atoms with Crippen LogP contribution in [0, 0.1) is 13.8 Å². The van der Waals surface area contributed by atoms with Gasteiger partial charge in [0.15, 0.2) is 0 Å². The summed E-state index contributed by atoms with van der Waals surface area (Å²) in [5.74, 6) is 0.456. The van der Waals surface area contributed by atoms with E-state index in [9.17, 15) is 4.79 Å². The van der Waals surface area contributed by atoms with Gasteiger partial charge in [-0.05, 0) is 55.8 Å². The molecule has 1 N–H and O–H groups in total. The molecular weight excluding hydrogens is 390 g/mol. The lowest BCUT2D eigenvalue weighted by Gasteiger charge is -2.09. The van der Waals surface area contributed by atoms with Crippen molar-refractivity contribution in [2.24, 2.45) is 0 Å². The summed E-state index contributed by atoms with van der Waals surface area (Å²) >= 11 is 0. The first-order valence-electron chi connectivity index (χ1n) is 10.00. The van der Waals surface area contributed by atoms with Gasteiger partial charge in [0.2, 0.25) is 5.95 Å². The Labute approximate surface area is 181 Å². The molecule has 2 aromatic carbocycles. The molecule has 0 atom stereocenters. The van der Waals surface area contributed by atoms with Crippen LogP contribution in [-0.2, 0) is 6.54 Å². The SMILES string of the molecule is Cc1cc(C)n(Cc2ccc(C(=O)Nc3cccc(-n4cnc(N(C)C)n4)c3)cc2)n1. The number of anilines is 2. The van der Waals surface area contributed by atoms with E-state index in [1.165, 1.54) is 0 Å². The summed E-state index contributed by atoms with van der Waals surface area (Å²) < 4.78 is 3.64. The summed E-state index contributed by atoms with van der Waals surface area (Å²) in [4.78, 5) is 18.8. The zero-order valence-electron chi connectivity index (χ0n) is 18.1. The number of nitrogens with one attached hydrogen (secondary N) is 1. The van der Waals surface area contributed by atoms with Gasteiger partial charge in [-0.15, -0.1) is 5.10 Å². The number of benzene rings is 2. The zero-order chi connectivity index (χ0) is 22.0. The van der Waals surface area contributed by atoms with Crippen molar-refractivity contribution in [2.45, 2.75) is 20.4 Å². The van der Waals surface area contributed by atoms with Crippen molar-refractivity contribution in [1.29, 1.82) is 0 Å². The van der Waals surface area contributed by atoms with E-state index >= 15 is 0 Å². The molecule has 2 aromatic heterocycles. The van der Waals surface area contributed by atoms with Crippen molar-refractivity contribution in [3.05, 3.63) is 83.4 Å². The first-order valence-corrected chi connectivity index (χ1v) is 10.00. The second-order valence-electron chi connectivity index (χ2n) is 7.67. The molecule has 0 aliphatic carbocycles. The quantitative estimate of drug-likeness (QED) is 0.522. The molecule has 4 rings (SSSR count). The van der Waals surface area contributed by atoms with Crippen molar-refractivity contribution in [3.63, 3.8) is 0 Å². The monoisotopic (exact) mass is 415 g/mol. The molecule has 31 heavy (non-hydrogen) atoms. The Morgan fingerprint density at radius 2 is 1.81 bits per heavy atom. The number of aryl methyl sites for hydroxylation is 2. The van der Waals surface area contributed by atoms with Crippen molar-refractivity contribution in [1.82, 2.24) is 24.5 Å². The number of hydrogen-bond donors (Lipinski definition) is 1. The molecular formula is C23H25N7O. The lowest BCUT2D eigenvalue weighted by molar-refractivity contribution is 0.102. The molecule has 8 nitrogen and oxygen atoms in total. The van der Waals surface area contributed by atoms with Gasteiger partial charge in [-0.1, -0.05) is 18.2 Å². The van der Waals surface area contributed by atoms with Crippen LogP contribution < -0.4 is 10.2 Å². The highest BCUT2D eigenvalue weighted by molar-refractivity contribution is 6.04. The third-order valence-electron chi connectivity index (χ3n) is 4.90. The van der Waals surface area contributed by atoms with Crippen LogP contribution in [0.15, 0.2) is 60.9 Å². The highest BCUT2D eigenvalue weighted by Crippen LogP contribution is 2.17. The van der Waals surface area contributed by atoms with E-state index in [1.807, 2.05) is 86.1 Å². The molecule has 0 aliphatic heterocycles. The molecule has 0 unspecified atom stereocenters. The van der Waals surface area contributed by atoms with Crippen LogP contribution in [0.2, 0.25) is 0 Å². The van der Waals surface area contributed by atoms with E-state index in [4.69, 9.17) is 0 Å². The molecule has 0 spiro atoms. The topological polar surface area (TPSA) is 80.9 Å².